The number of carbonyl (C=O) groups excluding carboxylic acids is 2. The van der Waals surface area contributed by atoms with E-state index in [-0.39, 0.29) is 11.7 Å². The van der Waals surface area contributed by atoms with Crippen molar-refractivity contribution in [2.75, 3.05) is 0 Å². The molecule has 1 heterocycles. The van der Waals surface area contributed by atoms with Crippen LogP contribution in [0.25, 0.3) is 11.1 Å². The van der Waals surface area contributed by atoms with Gasteiger partial charge in [0.25, 0.3) is 0 Å². The molecule has 0 aromatic heterocycles. The Balaban J connectivity index is 1.75. The first-order valence-corrected chi connectivity index (χ1v) is 9.05. The van der Waals surface area contributed by atoms with Gasteiger partial charge >= 0.3 is 0 Å². The summed E-state index contributed by atoms with van der Waals surface area (Å²) in [5.41, 5.74) is 4.68. The molecule has 1 aliphatic carbocycles. The molecular formula is C22H23NO2. The van der Waals surface area contributed by atoms with Crippen molar-refractivity contribution in [3.05, 3.63) is 59.2 Å². The fraction of sp³-hybridized carbons (Fsp3) is 0.364. The van der Waals surface area contributed by atoms with Gasteiger partial charge in [0.15, 0.2) is 5.78 Å². The van der Waals surface area contributed by atoms with Crippen molar-refractivity contribution in [2.45, 2.75) is 51.0 Å². The average Bonchev–Trinajstić information content (AvgIpc) is 3.16. The number of nitrogens with one attached hydrogen (secondary N) is 1. The van der Waals surface area contributed by atoms with E-state index in [0.717, 1.165) is 53.5 Å². The molecule has 1 aliphatic heterocycles. The number of carbonyl (C=O) groups is 2. The van der Waals surface area contributed by atoms with E-state index in [0.29, 0.717) is 0 Å². The van der Waals surface area contributed by atoms with Crippen LogP contribution < -0.4 is 5.32 Å². The second-order valence-electron chi connectivity index (χ2n) is 7.47. The van der Waals surface area contributed by atoms with Crippen molar-refractivity contribution in [1.82, 2.24) is 5.32 Å². The van der Waals surface area contributed by atoms with Crippen molar-refractivity contribution in [1.29, 1.82) is 0 Å². The van der Waals surface area contributed by atoms with Crippen LogP contribution in [0.1, 0.15) is 48.3 Å². The summed E-state index contributed by atoms with van der Waals surface area (Å²) in [6, 6.07) is 14.4. The van der Waals surface area contributed by atoms with Crippen LogP contribution in [0, 0.1) is 13.8 Å². The van der Waals surface area contributed by atoms with Crippen LogP contribution in [0.4, 0.5) is 0 Å². The highest BCUT2D eigenvalue weighted by atomic mass is 16.2. The number of hydrogen-bond acceptors (Lipinski definition) is 2. The minimum atomic E-state index is -0.651. The third-order valence-electron chi connectivity index (χ3n) is 5.82. The number of amides is 1. The van der Waals surface area contributed by atoms with Gasteiger partial charge in [-0.2, -0.15) is 0 Å². The lowest BCUT2D eigenvalue weighted by molar-refractivity contribution is -0.125. The Morgan fingerprint density at radius 2 is 1.64 bits per heavy atom. The van der Waals surface area contributed by atoms with E-state index in [2.05, 4.69) is 23.5 Å². The van der Waals surface area contributed by atoms with Crippen molar-refractivity contribution >= 4 is 11.7 Å². The van der Waals surface area contributed by atoms with E-state index < -0.39 is 11.5 Å². The Morgan fingerprint density at radius 1 is 0.960 bits per heavy atom. The summed E-state index contributed by atoms with van der Waals surface area (Å²) in [5.74, 6) is -0.701. The molecule has 1 atom stereocenters. The minimum Gasteiger partial charge on any atom is -0.343 e. The molecule has 1 unspecified atom stereocenters. The molecule has 2 fully saturated rings. The van der Waals surface area contributed by atoms with Crippen LogP contribution in [0.5, 0.6) is 0 Å². The summed E-state index contributed by atoms with van der Waals surface area (Å²) in [6.07, 6.45) is 3.61. The molecule has 2 aliphatic rings. The van der Waals surface area contributed by atoms with E-state index in [9.17, 15) is 9.59 Å². The molecule has 1 amide bonds. The SMILES string of the molecule is Cc1cc(C2C(=O)NC3(CCCC3)C2=O)c(C)cc1-c1ccccc1. The van der Waals surface area contributed by atoms with Crippen molar-refractivity contribution < 1.29 is 9.59 Å². The maximum absolute atomic E-state index is 13.1. The predicted molar refractivity (Wildman–Crippen MR) is 98.4 cm³/mol. The van der Waals surface area contributed by atoms with Gasteiger partial charge in [-0.25, -0.2) is 0 Å². The Morgan fingerprint density at radius 3 is 2.32 bits per heavy atom. The van der Waals surface area contributed by atoms with Gasteiger partial charge in [0.2, 0.25) is 5.91 Å². The monoisotopic (exact) mass is 333 g/mol. The molecule has 4 rings (SSSR count). The molecular weight excluding hydrogens is 310 g/mol. The number of ketones is 1. The zero-order valence-electron chi connectivity index (χ0n) is 14.8. The molecule has 25 heavy (non-hydrogen) atoms. The Kier molecular flexibility index (Phi) is 3.75. The maximum Gasteiger partial charge on any atom is 0.235 e. The van der Waals surface area contributed by atoms with Crippen LogP contribution in [-0.2, 0) is 9.59 Å². The van der Waals surface area contributed by atoms with Gasteiger partial charge in [-0.05, 0) is 54.5 Å². The van der Waals surface area contributed by atoms with Crippen LogP contribution in [-0.4, -0.2) is 17.2 Å². The van der Waals surface area contributed by atoms with Crippen molar-refractivity contribution in [2.24, 2.45) is 0 Å². The molecule has 1 saturated heterocycles. The molecule has 0 bridgehead atoms. The molecule has 2 aromatic rings. The Hall–Kier alpha value is -2.42. The van der Waals surface area contributed by atoms with Gasteiger partial charge in [0, 0.05) is 0 Å². The molecule has 0 radical (unpaired) electrons. The van der Waals surface area contributed by atoms with E-state index in [1.54, 1.807) is 0 Å². The molecule has 1 N–H and O–H groups in total. The number of Topliss-reactive ketones (excluding diaryl/α,β-unsaturated/α-hetero) is 1. The van der Waals surface area contributed by atoms with E-state index >= 15 is 0 Å². The first kappa shape index (κ1) is 16.1. The molecule has 128 valence electrons. The summed E-state index contributed by atoms with van der Waals surface area (Å²) in [6.45, 7) is 4.05. The van der Waals surface area contributed by atoms with Gasteiger partial charge in [0.05, 0.1) is 5.54 Å². The van der Waals surface area contributed by atoms with E-state index in [4.69, 9.17) is 0 Å². The molecule has 3 nitrogen and oxygen atoms in total. The van der Waals surface area contributed by atoms with Gasteiger partial charge in [-0.15, -0.1) is 0 Å². The van der Waals surface area contributed by atoms with Crippen LogP contribution >= 0.6 is 0 Å². The lowest BCUT2D eigenvalue weighted by atomic mass is 9.82. The van der Waals surface area contributed by atoms with Crippen molar-refractivity contribution in [3.63, 3.8) is 0 Å². The average molecular weight is 333 g/mol. The largest absolute Gasteiger partial charge is 0.343 e. The van der Waals surface area contributed by atoms with Crippen LogP contribution in [0.2, 0.25) is 0 Å². The Labute approximate surface area is 148 Å². The van der Waals surface area contributed by atoms with Crippen LogP contribution in [0.3, 0.4) is 0 Å². The lowest BCUT2D eigenvalue weighted by Gasteiger charge is -2.21. The summed E-state index contributed by atoms with van der Waals surface area (Å²) >= 11 is 0. The normalized spacial score (nSPS) is 21.8. The summed E-state index contributed by atoms with van der Waals surface area (Å²) in [4.78, 5) is 25.7. The zero-order chi connectivity index (χ0) is 17.6. The number of hydrogen-bond donors (Lipinski definition) is 1. The third-order valence-corrected chi connectivity index (χ3v) is 5.82. The van der Waals surface area contributed by atoms with Gasteiger partial charge in [0.1, 0.15) is 5.92 Å². The lowest BCUT2D eigenvalue weighted by Crippen LogP contribution is -2.43. The molecule has 1 saturated carbocycles. The van der Waals surface area contributed by atoms with E-state index in [1.165, 1.54) is 0 Å². The third kappa shape index (κ3) is 2.50. The summed E-state index contributed by atoms with van der Waals surface area (Å²) < 4.78 is 0. The molecule has 1 spiro atoms. The first-order chi connectivity index (χ1) is 12.0. The first-order valence-electron chi connectivity index (χ1n) is 9.05. The number of benzene rings is 2. The smallest absolute Gasteiger partial charge is 0.235 e. The summed E-state index contributed by atoms with van der Waals surface area (Å²) in [7, 11) is 0. The minimum absolute atomic E-state index is 0.0740. The topological polar surface area (TPSA) is 46.2 Å². The number of rotatable bonds is 2. The highest BCUT2D eigenvalue weighted by Crippen LogP contribution is 2.41. The van der Waals surface area contributed by atoms with Crippen molar-refractivity contribution in [3.8, 4) is 11.1 Å². The molecule has 3 heteroatoms. The zero-order valence-corrected chi connectivity index (χ0v) is 14.8. The Bertz CT molecular complexity index is 848. The van der Waals surface area contributed by atoms with Gasteiger partial charge in [-0.3, -0.25) is 9.59 Å². The fourth-order valence-corrected chi connectivity index (χ4v) is 4.48. The second-order valence-corrected chi connectivity index (χ2v) is 7.47. The van der Waals surface area contributed by atoms with Crippen LogP contribution in [0.15, 0.2) is 42.5 Å². The standard InChI is InChI=1S/C22H23NO2/c1-14-13-18(15(2)12-17(14)16-8-4-3-5-9-16)19-20(24)22(23-21(19)25)10-6-7-11-22/h3-5,8-9,12-13,19H,6-7,10-11H2,1-2H3,(H,23,25). The number of aryl methyl sites for hydroxylation is 2. The summed E-state index contributed by atoms with van der Waals surface area (Å²) in [5, 5.41) is 3.03. The second kappa shape index (κ2) is 5.83. The highest BCUT2D eigenvalue weighted by Gasteiger charge is 2.54. The van der Waals surface area contributed by atoms with E-state index in [1.807, 2.05) is 38.1 Å². The maximum atomic E-state index is 13.1. The quantitative estimate of drug-likeness (QED) is 0.842. The van der Waals surface area contributed by atoms with Gasteiger partial charge < -0.3 is 5.32 Å². The molecule has 2 aromatic carbocycles. The van der Waals surface area contributed by atoms with Gasteiger partial charge in [-0.1, -0.05) is 55.3 Å². The fourth-order valence-electron chi connectivity index (χ4n) is 4.48. The highest BCUT2D eigenvalue weighted by molar-refractivity contribution is 6.17. The predicted octanol–water partition coefficient (Wildman–Crippen LogP) is 4.07.